The second-order valence-corrected chi connectivity index (χ2v) is 3.20. The zero-order valence-corrected chi connectivity index (χ0v) is 8.99. The van der Waals surface area contributed by atoms with Crippen molar-refractivity contribution in [3.8, 4) is 0 Å². The Labute approximate surface area is 89.8 Å². The maximum Gasteiger partial charge on any atom is 0.176 e. The first-order chi connectivity index (χ1) is 5.63. The summed E-state index contributed by atoms with van der Waals surface area (Å²) in [6.07, 6.45) is 0. The quantitative estimate of drug-likeness (QED) is 0.835. The van der Waals surface area contributed by atoms with E-state index in [0.29, 0.717) is 10.0 Å². The lowest BCUT2D eigenvalue weighted by Crippen LogP contribution is -2.13. The first-order valence-electron chi connectivity index (χ1n) is 3.33. The third kappa shape index (κ3) is 3.42. The normalized spacial score (nSPS) is 9.15. The van der Waals surface area contributed by atoms with Crippen LogP contribution in [-0.2, 0) is 0 Å². The van der Waals surface area contributed by atoms with Crippen LogP contribution in [0.25, 0.3) is 0 Å². The van der Waals surface area contributed by atoms with Crippen LogP contribution in [0.1, 0.15) is 10.4 Å². The van der Waals surface area contributed by atoms with E-state index in [9.17, 15) is 9.18 Å². The second-order valence-electron chi connectivity index (χ2n) is 2.29. The van der Waals surface area contributed by atoms with Crippen molar-refractivity contribution in [2.24, 2.45) is 5.73 Å². The van der Waals surface area contributed by atoms with Gasteiger partial charge in [0.2, 0.25) is 0 Å². The molecule has 2 nitrogen and oxygen atoms in total. The molecule has 0 heterocycles. The molecule has 1 aromatic rings. The zero-order valence-electron chi connectivity index (χ0n) is 6.59. The minimum Gasteiger partial charge on any atom is -0.324 e. The molecule has 1 rings (SSSR count). The van der Waals surface area contributed by atoms with Gasteiger partial charge in [0, 0.05) is 10.0 Å². The van der Waals surface area contributed by atoms with E-state index in [0.717, 1.165) is 0 Å². The standard InChI is InChI=1S/C8H7BrFNO.ClH/c9-6-1-5(8(12)4-11)2-7(10)3-6;/h1-3H,4,11H2;1H. The molecule has 0 saturated heterocycles. The highest BCUT2D eigenvalue weighted by atomic mass is 79.9. The number of Topliss-reactive ketones (excluding diaryl/α,β-unsaturated/α-hetero) is 1. The number of carbonyl (C=O) groups excluding carboxylic acids is 1. The fourth-order valence-electron chi connectivity index (χ4n) is 0.833. The number of carbonyl (C=O) groups is 1. The number of ketones is 1. The Bertz CT molecular complexity index is 299. The average Bonchev–Trinajstić information content (AvgIpc) is 2.01. The smallest absolute Gasteiger partial charge is 0.176 e. The fraction of sp³-hybridized carbons (Fsp3) is 0.125. The largest absolute Gasteiger partial charge is 0.324 e. The lowest BCUT2D eigenvalue weighted by atomic mass is 10.1. The van der Waals surface area contributed by atoms with E-state index in [1.54, 1.807) is 0 Å². The van der Waals surface area contributed by atoms with Gasteiger partial charge in [-0.2, -0.15) is 0 Å². The van der Waals surface area contributed by atoms with E-state index in [-0.39, 0.29) is 24.7 Å². The van der Waals surface area contributed by atoms with Crippen LogP contribution < -0.4 is 5.73 Å². The van der Waals surface area contributed by atoms with E-state index in [4.69, 9.17) is 5.73 Å². The molecule has 1 aromatic carbocycles. The summed E-state index contributed by atoms with van der Waals surface area (Å²) in [7, 11) is 0. The zero-order chi connectivity index (χ0) is 9.14. The third-order valence-electron chi connectivity index (χ3n) is 1.37. The number of hydrogen-bond acceptors (Lipinski definition) is 2. The average molecular weight is 269 g/mol. The molecule has 13 heavy (non-hydrogen) atoms. The van der Waals surface area contributed by atoms with E-state index in [2.05, 4.69) is 15.9 Å². The molecule has 0 unspecified atom stereocenters. The summed E-state index contributed by atoms with van der Waals surface area (Å²) in [5.74, 6) is -0.712. The molecule has 0 saturated carbocycles. The van der Waals surface area contributed by atoms with Crippen LogP contribution in [0, 0.1) is 5.82 Å². The summed E-state index contributed by atoms with van der Waals surface area (Å²) in [5, 5.41) is 0. The van der Waals surface area contributed by atoms with Crippen LogP contribution in [0.3, 0.4) is 0 Å². The van der Waals surface area contributed by atoms with Crippen molar-refractivity contribution in [1.29, 1.82) is 0 Å². The molecule has 0 aliphatic carbocycles. The van der Waals surface area contributed by atoms with Gasteiger partial charge in [-0.1, -0.05) is 15.9 Å². The predicted molar refractivity (Wildman–Crippen MR) is 54.7 cm³/mol. The topological polar surface area (TPSA) is 43.1 Å². The molecule has 0 aliphatic heterocycles. The highest BCUT2D eigenvalue weighted by Crippen LogP contribution is 2.14. The minimum atomic E-state index is -0.443. The van der Waals surface area contributed by atoms with Gasteiger partial charge in [0.05, 0.1) is 6.54 Å². The lowest BCUT2D eigenvalue weighted by molar-refractivity contribution is 0.100. The van der Waals surface area contributed by atoms with Crippen LogP contribution in [0.2, 0.25) is 0 Å². The number of rotatable bonds is 2. The molecule has 0 fully saturated rings. The van der Waals surface area contributed by atoms with E-state index in [1.165, 1.54) is 18.2 Å². The fourth-order valence-corrected chi connectivity index (χ4v) is 1.30. The van der Waals surface area contributed by atoms with Gasteiger partial charge in [-0.15, -0.1) is 12.4 Å². The SMILES string of the molecule is Cl.NCC(=O)c1cc(F)cc(Br)c1. The first kappa shape index (κ1) is 12.6. The van der Waals surface area contributed by atoms with Gasteiger partial charge < -0.3 is 5.73 Å². The maximum absolute atomic E-state index is 12.7. The van der Waals surface area contributed by atoms with Gasteiger partial charge in [-0.05, 0) is 18.2 Å². The molecular weight excluding hydrogens is 260 g/mol. The molecule has 0 radical (unpaired) electrons. The maximum atomic E-state index is 12.7. The Morgan fingerprint density at radius 1 is 1.46 bits per heavy atom. The van der Waals surface area contributed by atoms with Gasteiger partial charge in [0.15, 0.2) is 5.78 Å². The van der Waals surface area contributed by atoms with Crippen LogP contribution in [-0.4, -0.2) is 12.3 Å². The Morgan fingerprint density at radius 3 is 2.54 bits per heavy atom. The van der Waals surface area contributed by atoms with Gasteiger partial charge >= 0.3 is 0 Å². The van der Waals surface area contributed by atoms with Crippen molar-refractivity contribution in [2.45, 2.75) is 0 Å². The van der Waals surface area contributed by atoms with Crippen LogP contribution in [0.5, 0.6) is 0 Å². The molecule has 2 N–H and O–H groups in total. The molecule has 72 valence electrons. The second kappa shape index (κ2) is 5.32. The van der Waals surface area contributed by atoms with Crippen molar-refractivity contribution in [3.63, 3.8) is 0 Å². The summed E-state index contributed by atoms with van der Waals surface area (Å²) < 4.78 is 13.2. The molecule has 0 amide bonds. The lowest BCUT2D eigenvalue weighted by Gasteiger charge is -1.98. The van der Waals surface area contributed by atoms with E-state index >= 15 is 0 Å². The third-order valence-corrected chi connectivity index (χ3v) is 1.83. The van der Waals surface area contributed by atoms with Crippen LogP contribution in [0.4, 0.5) is 4.39 Å². The number of halogens is 3. The summed E-state index contributed by atoms with van der Waals surface area (Å²) in [5.41, 5.74) is 5.41. The number of hydrogen-bond donors (Lipinski definition) is 1. The summed E-state index contributed by atoms with van der Waals surface area (Å²) >= 11 is 3.08. The molecule has 5 heteroatoms. The van der Waals surface area contributed by atoms with E-state index < -0.39 is 5.82 Å². The first-order valence-corrected chi connectivity index (χ1v) is 4.12. The number of benzene rings is 1. The van der Waals surface area contributed by atoms with Gasteiger partial charge in [-0.25, -0.2) is 4.39 Å². The summed E-state index contributed by atoms with van der Waals surface area (Å²) in [4.78, 5) is 11.0. The Hall–Kier alpha value is -0.450. The van der Waals surface area contributed by atoms with Crippen molar-refractivity contribution in [2.75, 3.05) is 6.54 Å². The molecule has 0 atom stereocenters. The Kier molecular flexibility index (Phi) is 5.13. The minimum absolute atomic E-state index is 0. The monoisotopic (exact) mass is 267 g/mol. The summed E-state index contributed by atoms with van der Waals surface area (Å²) in [6, 6.07) is 3.99. The molecule has 0 aromatic heterocycles. The van der Waals surface area contributed by atoms with Crippen LogP contribution >= 0.6 is 28.3 Å². The Balaban J connectivity index is 0.00000144. The molecule has 0 aliphatic rings. The van der Waals surface area contributed by atoms with Gasteiger partial charge in [0.1, 0.15) is 5.82 Å². The highest BCUT2D eigenvalue weighted by molar-refractivity contribution is 9.10. The van der Waals surface area contributed by atoms with Gasteiger partial charge in [-0.3, -0.25) is 4.79 Å². The van der Waals surface area contributed by atoms with Crippen LogP contribution in [0.15, 0.2) is 22.7 Å². The predicted octanol–water partition coefficient (Wildman–Crippen LogP) is 2.15. The molecule has 0 bridgehead atoms. The van der Waals surface area contributed by atoms with Crippen molar-refractivity contribution >= 4 is 34.1 Å². The van der Waals surface area contributed by atoms with Gasteiger partial charge in [0.25, 0.3) is 0 Å². The van der Waals surface area contributed by atoms with Crippen molar-refractivity contribution < 1.29 is 9.18 Å². The summed E-state index contributed by atoms with van der Waals surface area (Å²) in [6.45, 7) is -0.101. The molecular formula is C8H8BrClFNO. The van der Waals surface area contributed by atoms with Crippen molar-refractivity contribution in [1.82, 2.24) is 0 Å². The van der Waals surface area contributed by atoms with E-state index in [1.807, 2.05) is 0 Å². The highest BCUT2D eigenvalue weighted by Gasteiger charge is 2.05. The molecule has 0 spiro atoms. The van der Waals surface area contributed by atoms with Crippen molar-refractivity contribution in [3.05, 3.63) is 34.1 Å². The Morgan fingerprint density at radius 2 is 2.08 bits per heavy atom. The number of nitrogens with two attached hydrogens (primary N) is 1.